The van der Waals surface area contributed by atoms with E-state index >= 15 is 0 Å². The van der Waals surface area contributed by atoms with E-state index in [0.717, 1.165) is 31.7 Å². The lowest BCUT2D eigenvalue weighted by molar-refractivity contribution is 0.420. The second kappa shape index (κ2) is 5.23. The summed E-state index contributed by atoms with van der Waals surface area (Å²) in [4.78, 5) is 0. The molecule has 0 bridgehead atoms. The van der Waals surface area contributed by atoms with Gasteiger partial charge in [0.25, 0.3) is 0 Å². The van der Waals surface area contributed by atoms with Crippen molar-refractivity contribution in [1.82, 2.24) is 4.57 Å². The van der Waals surface area contributed by atoms with Crippen LogP contribution < -0.4 is 10.5 Å². The Balaban J connectivity index is 2.53. The number of hydrogen-bond acceptors (Lipinski definition) is 2. The second-order valence-corrected chi connectivity index (χ2v) is 4.17. The molecule has 3 heteroatoms. The Morgan fingerprint density at radius 3 is 2.82 bits per heavy atom. The molecule has 1 aromatic carbocycles. The van der Waals surface area contributed by atoms with Crippen molar-refractivity contribution in [3.8, 4) is 5.75 Å². The highest BCUT2D eigenvalue weighted by molar-refractivity contribution is 5.87. The van der Waals surface area contributed by atoms with Crippen LogP contribution in [-0.4, -0.2) is 18.2 Å². The van der Waals surface area contributed by atoms with Gasteiger partial charge in [0.15, 0.2) is 0 Å². The fraction of sp³-hybridized carbons (Fsp3) is 0.429. The SMILES string of the molecule is CCn1c(CCCN)cc2c(OC)cccc21. The van der Waals surface area contributed by atoms with Gasteiger partial charge in [0.05, 0.1) is 12.6 Å². The maximum atomic E-state index is 5.58. The van der Waals surface area contributed by atoms with Crippen LogP contribution in [-0.2, 0) is 13.0 Å². The summed E-state index contributed by atoms with van der Waals surface area (Å²) in [6.45, 7) is 3.89. The fourth-order valence-electron chi connectivity index (χ4n) is 2.35. The first-order valence-electron chi connectivity index (χ1n) is 6.17. The third kappa shape index (κ3) is 2.15. The predicted molar refractivity (Wildman–Crippen MR) is 71.5 cm³/mol. The van der Waals surface area contributed by atoms with E-state index in [-0.39, 0.29) is 0 Å². The summed E-state index contributed by atoms with van der Waals surface area (Å²) in [5, 5.41) is 1.20. The van der Waals surface area contributed by atoms with Crippen molar-refractivity contribution in [2.45, 2.75) is 26.3 Å². The molecular formula is C14H20N2O. The average molecular weight is 232 g/mol. The minimum atomic E-state index is 0.738. The first-order chi connectivity index (χ1) is 8.31. The van der Waals surface area contributed by atoms with Gasteiger partial charge in [-0.1, -0.05) is 6.07 Å². The molecule has 0 unspecified atom stereocenters. The monoisotopic (exact) mass is 232 g/mol. The van der Waals surface area contributed by atoms with Gasteiger partial charge in [-0.3, -0.25) is 0 Å². The largest absolute Gasteiger partial charge is 0.496 e. The van der Waals surface area contributed by atoms with E-state index in [1.807, 2.05) is 12.1 Å². The molecule has 0 saturated carbocycles. The molecule has 2 N–H and O–H groups in total. The maximum absolute atomic E-state index is 5.58. The highest BCUT2D eigenvalue weighted by Gasteiger charge is 2.10. The van der Waals surface area contributed by atoms with E-state index < -0.39 is 0 Å². The first-order valence-corrected chi connectivity index (χ1v) is 6.17. The van der Waals surface area contributed by atoms with Crippen LogP contribution in [0.5, 0.6) is 5.75 Å². The number of methoxy groups -OCH3 is 1. The van der Waals surface area contributed by atoms with Crippen molar-refractivity contribution in [3.05, 3.63) is 30.0 Å². The van der Waals surface area contributed by atoms with E-state index in [0.29, 0.717) is 0 Å². The van der Waals surface area contributed by atoms with Gasteiger partial charge in [0.1, 0.15) is 5.75 Å². The van der Waals surface area contributed by atoms with Gasteiger partial charge in [-0.25, -0.2) is 0 Å². The quantitative estimate of drug-likeness (QED) is 0.860. The van der Waals surface area contributed by atoms with E-state index in [1.54, 1.807) is 7.11 Å². The Labute approximate surface area is 102 Å². The number of aromatic nitrogens is 1. The molecule has 3 nitrogen and oxygen atoms in total. The summed E-state index contributed by atoms with van der Waals surface area (Å²) in [7, 11) is 1.72. The van der Waals surface area contributed by atoms with Crippen molar-refractivity contribution >= 4 is 10.9 Å². The lowest BCUT2D eigenvalue weighted by Crippen LogP contribution is -2.05. The molecule has 0 spiro atoms. The molecule has 0 fully saturated rings. The summed E-state index contributed by atoms with van der Waals surface area (Å²) in [6, 6.07) is 8.43. The molecular weight excluding hydrogens is 212 g/mol. The van der Waals surface area contributed by atoms with Crippen molar-refractivity contribution < 1.29 is 4.74 Å². The minimum Gasteiger partial charge on any atom is -0.496 e. The van der Waals surface area contributed by atoms with Gasteiger partial charge in [0.2, 0.25) is 0 Å². The Kier molecular flexibility index (Phi) is 3.69. The number of fused-ring (bicyclic) bond motifs is 1. The number of nitrogens with zero attached hydrogens (tertiary/aromatic N) is 1. The number of aryl methyl sites for hydroxylation is 2. The average Bonchev–Trinajstić information content (AvgIpc) is 2.73. The van der Waals surface area contributed by atoms with Crippen molar-refractivity contribution in [3.63, 3.8) is 0 Å². The number of hydrogen-bond donors (Lipinski definition) is 1. The molecule has 0 saturated heterocycles. The Hall–Kier alpha value is -1.48. The summed E-state index contributed by atoms with van der Waals surface area (Å²) in [5.41, 5.74) is 8.18. The highest BCUT2D eigenvalue weighted by atomic mass is 16.5. The summed E-state index contributed by atoms with van der Waals surface area (Å²) in [5.74, 6) is 0.948. The first kappa shape index (κ1) is 12.0. The van der Waals surface area contributed by atoms with Crippen LogP contribution in [0.1, 0.15) is 19.0 Å². The fourth-order valence-corrected chi connectivity index (χ4v) is 2.35. The van der Waals surface area contributed by atoms with E-state index in [2.05, 4.69) is 23.6 Å². The summed E-state index contributed by atoms with van der Waals surface area (Å²) < 4.78 is 7.75. The zero-order chi connectivity index (χ0) is 12.3. The van der Waals surface area contributed by atoms with Gasteiger partial charge in [-0.15, -0.1) is 0 Å². The third-order valence-corrected chi connectivity index (χ3v) is 3.16. The van der Waals surface area contributed by atoms with E-state index in [9.17, 15) is 0 Å². The molecule has 2 rings (SSSR count). The van der Waals surface area contributed by atoms with Crippen LogP contribution in [0.4, 0.5) is 0 Å². The summed E-state index contributed by atoms with van der Waals surface area (Å²) in [6.07, 6.45) is 2.06. The molecule has 0 atom stereocenters. The molecule has 0 aliphatic carbocycles. The topological polar surface area (TPSA) is 40.2 Å². The number of ether oxygens (including phenoxy) is 1. The number of benzene rings is 1. The number of nitrogens with two attached hydrogens (primary N) is 1. The van der Waals surface area contributed by atoms with Crippen LogP contribution in [0, 0.1) is 0 Å². The zero-order valence-electron chi connectivity index (χ0n) is 10.6. The second-order valence-electron chi connectivity index (χ2n) is 4.17. The van der Waals surface area contributed by atoms with Gasteiger partial charge in [-0.05, 0) is 44.5 Å². The van der Waals surface area contributed by atoms with Gasteiger partial charge in [0, 0.05) is 17.6 Å². The smallest absolute Gasteiger partial charge is 0.128 e. The zero-order valence-corrected chi connectivity index (χ0v) is 10.6. The van der Waals surface area contributed by atoms with E-state index in [4.69, 9.17) is 10.5 Å². The minimum absolute atomic E-state index is 0.738. The molecule has 0 aliphatic rings. The van der Waals surface area contributed by atoms with E-state index in [1.165, 1.54) is 16.6 Å². The molecule has 1 heterocycles. The molecule has 17 heavy (non-hydrogen) atoms. The summed E-state index contributed by atoms with van der Waals surface area (Å²) >= 11 is 0. The molecule has 0 radical (unpaired) electrons. The van der Waals surface area contributed by atoms with Crippen molar-refractivity contribution in [2.24, 2.45) is 5.73 Å². The van der Waals surface area contributed by atoms with Crippen LogP contribution in [0.2, 0.25) is 0 Å². The van der Waals surface area contributed by atoms with Crippen LogP contribution >= 0.6 is 0 Å². The normalized spacial score (nSPS) is 11.0. The Morgan fingerprint density at radius 1 is 1.35 bits per heavy atom. The van der Waals surface area contributed by atoms with Crippen LogP contribution in [0.15, 0.2) is 24.3 Å². The molecule has 1 aromatic heterocycles. The highest BCUT2D eigenvalue weighted by Crippen LogP contribution is 2.29. The van der Waals surface area contributed by atoms with Gasteiger partial charge >= 0.3 is 0 Å². The lowest BCUT2D eigenvalue weighted by Gasteiger charge is -2.07. The third-order valence-electron chi connectivity index (χ3n) is 3.16. The lowest BCUT2D eigenvalue weighted by atomic mass is 10.2. The molecule has 0 amide bonds. The standard InChI is InChI=1S/C14H20N2O/c1-3-16-11(6-5-9-15)10-12-13(16)7-4-8-14(12)17-2/h4,7-8,10H,3,5-6,9,15H2,1-2H3. The predicted octanol–water partition coefficient (Wildman–Crippen LogP) is 2.56. The van der Waals surface area contributed by atoms with Gasteiger partial charge in [-0.2, -0.15) is 0 Å². The molecule has 0 aliphatic heterocycles. The van der Waals surface area contributed by atoms with Crippen molar-refractivity contribution in [1.29, 1.82) is 0 Å². The van der Waals surface area contributed by atoms with Crippen LogP contribution in [0.25, 0.3) is 10.9 Å². The Morgan fingerprint density at radius 2 is 2.18 bits per heavy atom. The Bertz CT molecular complexity index is 502. The maximum Gasteiger partial charge on any atom is 0.128 e. The molecule has 2 aromatic rings. The molecule has 92 valence electrons. The number of rotatable bonds is 5. The van der Waals surface area contributed by atoms with Crippen LogP contribution in [0.3, 0.4) is 0 Å². The van der Waals surface area contributed by atoms with Crippen molar-refractivity contribution in [2.75, 3.05) is 13.7 Å². The van der Waals surface area contributed by atoms with Gasteiger partial charge < -0.3 is 15.0 Å².